The van der Waals surface area contributed by atoms with Gasteiger partial charge < -0.3 is 20.5 Å². The van der Waals surface area contributed by atoms with Crippen LogP contribution in [0, 0.1) is 0 Å². The molecule has 0 aliphatic carbocycles. The molecule has 0 bridgehead atoms. The summed E-state index contributed by atoms with van der Waals surface area (Å²) in [5.41, 5.74) is 6.57. The lowest BCUT2D eigenvalue weighted by atomic mass is 10.3. The third-order valence-electron chi connectivity index (χ3n) is 3.16. The average Bonchev–Trinajstić information content (AvgIpc) is 2.59. The molecule has 0 atom stereocenters. The van der Waals surface area contributed by atoms with Crippen molar-refractivity contribution in [3.8, 4) is 11.5 Å². The van der Waals surface area contributed by atoms with Gasteiger partial charge in [-0.25, -0.2) is 13.4 Å². The van der Waals surface area contributed by atoms with Gasteiger partial charge >= 0.3 is 6.36 Å². The first-order valence-electron chi connectivity index (χ1n) is 8.13. The van der Waals surface area contributed by atoms with Crippen LogP contribution < -0.4 is 25.2 Å². The maximum absolute atomic E-state index is 12.1. The van der Waals surface area contributed by atoms with Crippen LogP contribution in [-0.4, -0.2) is 40.1 Å². The molecule has 0 unspecified atom stereocenters. The number of aliphatic imine (C=N–C) groups is 1. The predicted octanol–water partition coefficient (Wildman–Crippen LogP) is 2.76. The van der Waals surface area contributed by atoms with Gasteiger partial charge in [-0.05, 0) is 48.5 Å². The highest BCUT2D eigenvalue weighted by atomic mass is 32.2. The molecule has 0 aliphatic heterocycles. The Bertz CT molecular complexity index is 931. The molecule has 0 aliphatic rings. The van der Waals surface area contributed by atoms with Crippen LogP contribution in [0.2, 0.25) is 0 Å². The lowest BCUT2D eigenvalue weighted by Gasteiger charge is -2.10. The van der Waals surface area contributed by atoms with Crippen molar-refractivity contribution in [2.45, 2.75) is 6.36 Å². The van der Waals surface area contributed by atoms with E-state index in [0.29, 0.717) is 17.1 Å². The van der Waals surface area contributed by atoms with Gasteiger partial charge in [-0.15, -0.1) is 13.2 Å². The highest BCUT2D eigenvalue weighted by Crippen LogP contribution is 2.23. The summed E-state index contributed by atoms with van der Waals surface area (Å²) in [4.78, 5) is 4.04. The van der Waals surface area contributed by atoms with E-state index in [9.17, 15) is 21.6 Å². The van der Waals surface area contributed by atoms with Gasteiger partial charge in [0.25, 0.3) is 0 Å². The zero-order valence-electron chi connectivity index (χ0n) is 15.2. The molecule has 2 aromatic carbocycles. The van der Waals surface area contributed by atoms with Crippen LogP contribution >= 0.6 is 0 Å². The molecule has 2 rings (SSSR count). The molecule has 12 heteroatoms. The van der Waals surface area contributed by atoms with Crippen LogP contribution in [0.25, 0.3) is 0 Å². The normalized spacial score (nSPS) is 12.3. The van der Waals surface area contributed by atoms with Crippen molar-refractivity contribution in [1.82, 2.24) is 0 Å². The number of benzene rings is 2. The minimum atomic E-state index is -4.75. The van der Waals surface area contributed by atoms with Crippen LogP contribution in [0.4, 0.5) is 24.5 Å². The first kappa shape index (κ1) is 22.1. The molecule has 0 amide bonds. The zero-order chi connectivity index (χ0) is 21.5. The summed E-state index contributed by atoms with van der Waals surface area (Å²) in [6.45, 7) is 0.428. The quantitative estimate of drug-likeness (QED) is 0.336. The van der Waals surface area contributed by atoms with Crippen molar-refractivity contribution in [3.63, 3.8) is 0 Å². The van der Waals surface area contributed by atoms with Gasteiger partial charge in [-0.2, -0.15) is 0 Å². The van der Waals surface area contributed by atoms with Gasteiger partial charge in [0.2, 0.25) is 10.0 Å². The molecular formula is C17H19F3N4O4S. The third kappa shape index (κ3) is 9.06. The first-order valence-corrected chi connectivity index (χ1v) is 10.0. The van der Waals surface area contributed by atoms with E-state index < -0.39 is 16.4 Å². The number of halogens is 3. The molecule has 0 saturated heterocycles. The van der Waals surface area contributed by atoms with Crippen LogP contribution in [0.3, 0.4) is 0 Å². The summed E-state index contributed by atoms with van der Waals surface area (Å²) in [6.07, 6.45) is -3.70. The summed E-state index contributed by atoms with van der Waals surface area (Å²) in [5.74, 6) is 0.238. The van der Waals surface area contributed by atoms with E-state index >= 15 is 0 Å². The van der Waals surface area contributed by atoms with Gasteiger partial charge in [0.15, 0.2) is 5.96 Å². The fourth-order valence-electron chi connectivity index (χ4n) is 2.09. The molecular weight excluding hydrogens is 413 g/mol. The molecule has 0 saturated carbocycles. The Morgan fingerprint density at radius 1 is 1.03 bits per heavy atom. The number of nitrogens with two attached hydrogens (primary N) is 1. The number of rotatable bonds is 8. The van der Waals surface area contributed by atoms with Crippen molar-refractivity contribution in [2.75, 3.05) is 29.4 Å². The van der Waals surface area contributed by atoms with Crippen LogP contribution in [0.5, 0.6) is 11.5 Å². The third-order valence-corrected chi connectivity index (χ3v) is 3.77. The van der Waals surface area contributed by atoms with E-state index in [-0.39, 0.29) is 24.9 Å². The molecule has 0 spiro atoms. The molecule has 8 nitrogen and oxygen atoms in total. The standard InChI is InChI=1S/C17H19F3N4O4S/c1-29(25,26)24-13-4-6-14(7-5-13)27-11-10-22-16(21)23-12-2-8-15(9-3-12)28-17(18,19)20/h2-9,24H,10-11H2,1H3,(H3,21,22,23). The van der Waals surface area contributed by atoms with Gasteiger partial charge in [0.05, 0.1) is 12.8 Å². The summed E-state index contributed by atoms with van der Waals surface area (Å²) >= 11 is 0. The topological polar surface area (TPSA) is 115 Å². The molecule has 0 aromatic heterocycles. The number of anilines is 2. The summed E-state index contributed by atoms with van der Waals surface area (Å²) in [5, 5.41) is 2.73. The van der Waals surface area contributed by atoms with Crippen LogP contribution in [-0.2, 0) is 10.0 Å². The van der Waals surface area contributed by atoms with E-state index in [2.05, 4.69) is 19.8 Å². The Labute approximate surface area is 165 Å². The number of hydrogen-bond acceptors (Lipinski definition) is 5. The largest absolute Gasteiger partial charge is 0.573 e. The van der Waals surface area contributed by atoms with Gasteiger partial charge in [-0.3, -0.25) is 4.72 Å². The molecule has 0 fully saturated rings. The Morgan fingerprint density at radius 3 is 2.14 bits per heavy atom. The number of guanidine groups is 1. The number of alkyl halides is 3. The fourth-order valence-corrected chi connectivity index (χ4v) is 2.65. The van der Waals surface area contributed by atoms with Crippen molar-refractivity contribution in [1.29, 1.82) is 0 Å². The maximum atomic E-state index is 12.1. The van der Waals surface area contributed by atoms with Crippen molar-refractivity contribution in [3.05, 3.63) is 48.5 Å². The number of hydrogen-bond donors (Lipinski definition) is 3. The van der Waals surface area contributed by atoms with Crippen LogP contribution in [0.15, 0.2) is 53.5 Å². The van der Waals surface area contributed by atoms with Crippen molar-refractivity contribution < 1.29 is 31.1 Å². The van der Waals surface area contributed by atoms with Crippen molar-refractivity contribution >= 4 is 27.4 Å². The number of sulfonamides is 1. The van der Waals surface area contributed by atoms with Crippen LogP contribution in [0.1, 0.15) is 0 Å². The Balaban J connectivity index is 1.77. The van der Waals surface area contributed by atoms with Gasteiger partial charge in [0.1, 0.15) is 18.1 Å². The molecule has 2 aromatic rings. The predicted molar refractivity (Wildman–Crippen MR) is 104 cm³/mol. The molecule has 0 heterocycles. The average molecular weight is 432 g/mol. The summed E-state index contributed by atoms with van der Waals surface area (Å²) < 4.78 is 70.2. The summed E-state index contributed by atoms with van der Waals surface area (Å²) in [7, 11) is -3.34. The molecule has 158 valence electrons. The highest BCUT2D eigenvalue weighted by Gasteiger charge is 2.30. The van der Waals surface area contributed by atoms with E-state index in [0.717, 1.165) is 18.4 Å². The number of ether oxygens (including phenoxy) is 2. The summed E-state index contributed by atoms with van der Waals surface area (Å²) in [6, 6.07) is 11.3. The second-order valence-corrected chi connectivity index (χ2v) is 7.46. The Hall–Kier alpha value is -3.15. The number of nitrogens with one attached hydrogen (secondary N) is 2. The maximum Gasteiger partial charge on any atom is 0.573 e. The van der Waals surface area contributed by atoms with E-state index in [1.807, 2.05) is 0 Å². The second kappa shape index (κ2) is 9.37. The SMILES string of the molecule is CS(=O)(=O)Nc1ccc(OCCN=C(N)Nc2ccc(OC(F)(F)F)cc2)cc1. The van der Waals surface area contributed by atoms with Gasteiger partial charge in [0, 0.05) is 11.4 Å². The molecule has 0 radical (unpaired) electrons. The first-order chi connectivity index (χ1) is 13.5. The Morgan fingerprint density at radius 2 is 1.59 bits per heavy atom. The fraction of sp³-hybridized carbons (Fsp3) is 0.235. The van der Waals surface area contributed by atoms with E-state index in [1.165, 1.54) is 12.1 Å². The molecule has 29 heavy (non-hydrogen) atoms. The lowest BCUT2D eigenvalue weighted by molar-refractivity contribution is -0.274. The lowest BCUT2D eigenvalue weighted by Crippen LogP contribution is -2.23. The number of nitrogens with zero attached hydrogens (tertiary/aromatic N) is 1. The second-order valence-electron chi connectivity index (χ2n) is 5.71. The Kier molecular flexibility index (Phi) is 7.15. The minimum absolute atomic E-state index is 0.0609. The highest BCUT2D eigenvalue weighted by molar-refractivity contribution is 7.92. The molecule has 4 N–H and O–H groups in total. The smallest absolute Gasteiger partial charge is 0.492 e. The monoisotopic (exact) mass is 432 g/mol. The minimum Gasteiger partial charge on any atom is -0.492 e. The van der Waals surface area contributed by atoms with E-state index in [4.69, 9.17) is 10.5 Å². The van der Waals surface area contributed by atoms with Crippen molar-refractivity contribution in [2.24, 2.45) is 10.7 Å². The van der Waals surface area contributed by atoms with E-state index in [1.54, 1.807) is 24.3 Å². The van der Waals surface area contributed by atoms with Gasteiger partial charge in [-0.1, -0.05) is 0 Å². The zero-order valence-corrected chi connectivity index (χ0v) is 16.0.